The fourth-order valence-corrected chi connectivity index (χ4v) is 7.51. The molecule has 0 radical (unpaired) electrons. The number of carbonyl (C=O) groups excluding carboxylic acids is 6. The first-order chi connectivity index (χ1) is 32.2. The van der Waals surface area contributed by atoms with Crippen LogP contribution in [-0.2, 0) is 66.5 Å². The molecule has 67 heavy (non-hydrogen) atoms. The molecule has 14 atom stereocenters. The fraction of sp³-hybridized carbons (Fsp3) is 0.538. The normalized spacial score (nSPS) is 29.6. The number of carbonyl (C=O) groups is 6. The summed E-state index contributed by atoms with van der Waals surface area (Å²) in [5.41, 5.74) is 38.6. The molecule has 2 saturated heterocycles. The van der Waals surface area contributed by atoms with Crippen molar-refractivity contribution in [2.45, 2.75) is 120 Å². The van der Waals surface area contributed by atoms with E-state index in [-0.39, 0.29) is 11.1 Å². The maximum absolute atomic E-state index is 13.8. The lowest BCUT2D eigenvalue weighted by molar-refractivity contribution is -0.312. The van der Waals surface area contributed by atoms with Crippen LogP contribution >= 0.6 is 0 Å². The van der Waals surface area contributed by atoms with Crippen molar-refractivity contribution in [1.29, 1.82) is 0 Å². The van der Waals surface area contributed by atoms with Crippen LogP contribution < -0.4 is 0 Å². The number of hydrogen-bond donors (Lipinski definition) is 0. The molecule has 0 amide bonds. The van der Waals surface area contributed by atoms with Crippen molar-refractivity contribution in [1.82, 2.24) is 0 Å². The average Bonchev–Trinajstić information content (AvgIpc) is 3.60. The maximum Gasteiger partial charge on any atom is 0.338 e. The number of rotatable bonds is 18. The summed E-state index contributed by atoms with van der Waals surface area (Å²) in [7, 11) is 0. The summed E-state index contributed by atoms with van der Waals surface area (Å²) >= 11 is 0. The van der Waals surface area contributed by atoms with Crippen molar-refractivity contribution in [3.05, 3.63) is 114 Å². The Morgan fingerprint density at radius 2 is 1.01 bits per heavy atom. The average molecular weight is 935 g/mol. The SMILES string of the molecule is CC(=O)OCC1O[C@H](O[C@@H]2C(N=[N+]=[N-])C[C@@H](N=[N+]=[N-])C(OC(C)=O)[C@H]2O[C@@H]2O[C@H](CN=[N+]=[N-])[C@@H](OC(=O)c3ccccc3)C2OC(=O)c2ccccc2)C(N=[N+]=[N-])[C@@H](OC(C)=O)[C@@H]1OC(C)=O. The van der Waals surface area contributed by atoms with Gasteiger partial charge < -0.3 is 47.4 Å². The maximum atomic E-state index is 13.8. The van der Waals surface area contributed by atoms with Gasteiger partial charge in [0.25, 0.3) is 0 Å². The van der Waals surface area contributed by atoms with Crippen molar-refractivity contribution >= 4 is 35.8 Å². The van der Waals surface area contributed by atoms with Crippen LogP contribution in [0.3, 0.4) is 0 Å². The Morgan fingerprint density at radius 1 is 0.537 bits per heavy atom. The quantitative estimate of drug-likeness (QED) is 0.0638. The van der Waals surface area contributed by atoms with Crippen LogP contribution in [0, 0.1) is 0 Å². The van der Waals surface area contributed by atoms with Crippen LogP contribution in [0.5, 0.6) is 0 Å². The molecule has 0 spiro atoms. The lowest BCUT2D eigenvalue weighted by atomic mass is 9.83. The molecule has 3 aliphatic rings. The van der Waals surface area contributed by atoms with Gasteiger partial charge in [-0.15, -0.1) is 0 Å². The molecule has 28 nitrogen and oxygen atoms in total. The van der Waals surface area contributed by atoms with Gasteiger partial charge in [-0.2, -0.15) is 0 Å². The number of benzene rings is 2. The van der Waals surface area contributed by atoms with Crippen molar-refractivity contribution in [3.8, 4) is 0 Å². The third-order valence-corrected chi connectivity index (χ3v) is 10.1. The second-order valence-electron chi connectivity index (χ2n) is 14.7. The highest BCUT2D eigenvalue weighted by Crippen LogP contribution is 2.39. The Morgan fingerprint density at radius 3 is 1.54 bits per heavy atom. The molecule has 1 aliphatic carbocycles. The monoisotopic (exact) mass is 934 g/mol. The highest BCUT2D eigenvalue weighted by atomic mass is 16.8. The second-order valence-corrected chi connectivity index (χ2v) is 14.7. The van der Waals surface area contributed by atoms with Gasteiger partial charge in [-0.1, -0.05) is 56.9 Å². The Bertz CT molecular complexity index is 2320. The topological polar surface area (TPSA) is 390 Å². The molecule has 5 unspecified atom stereocenters. The van der Waals surface area contributed by atoms with Crippen LogP contribution in [-0.4, -0.2) is 135 Å². The molecule has 0 aromatic heterocycles. The minimum absolute atomic E-state index is 0.0209. The summed E-state index contributed by atoms with van der Waals surface area (Å²) in [4.78, 5) is 88.4. The highest BCUT2D eigenvalue weighted by molar-refractivity contribution is 5.90. The molecule has 2 aliphatic heterocycles. The predicted molar refractivity (Wildman–Crippen MR) is 219 cm³/mol. The van der Waals surface area contributed by atoms with E-state index in [2.05, 4.69) is 40.1 Å². The van der Waals surface area contributed by atoms with Gasteiger partial charge in [0.05, 0.1) is 35.9 Å². The van der Waals surface area contributed by atoms with E-state index in [4.69, 9.17) is 47.4 Å². The largest absolute Gasteiger partial charge is 0.463 e. The number of nitrogens with zero attached hydrogens (tertiary/aromatic N) is 12. The fourth-order valence-electron chi connectivity index (χ4n) is 7.51. The Labute approximate surface area is 378 Å². The molecule has 354 valence electrons. The predicted octanol–water partition coefficient (Wildman–Crippen LogP) is 4.77. The third-order valence-electron chi connectivity index (χ3n) is 10.1. The number of azide groups is 4. The first-order valence-corrected chi connectivity index (χ1v) is 20.1. The molecule has 2 aromatic rings. The lowest BCUT2D eigenvalue weighted by Crippen LogP contribution is -2.65. The van der Waals surface area contributed by atoms with Gasteiger partial charge in [0, 0.05) is 47.3 Å². The molecular formula is C39H42N12O16. The Kier molecular flexibility index (Phi) is 18.1. The van der Waals surface area contributed by atoms with Gasteiger partial charge >= 0.3 is 35.8 Å². The molecule has 28 heteroatoms. The van der Waals surface area contributed by atoms with Crippen molar-refractivity contribution < 1.29 is 76.1 Å². The lowest BCUT2D eigenvalue weighted by Gasteiger charge is -2.48. The Hall–Kier alpha value is -7.66. The van der Waals surface area contributed by atoms with Crippen molar-refractivity contribution in [2.24, 2.45) is 20.5 Å². The van der Waals surface area contributed by atoms with Gasteiger partial charge in [-0.05, 0) is 52.8 Å². The van der Waals surface area contributed by atoms with E-state index < -0.39 is 141 Å². The number of ether oxygens (including phenoxy) is 10. The highest BCUT2D eigenvalue weighted by Gasteiger charge is 2.58. The molecule has 0 N–H and O–H groups in total. The van der Waals surface area contributed by atoms with Gasteiger partial charge in [-0.25, -0.2) is 9.59 Å². The van der Waals surface area contributed by atoms with Crippen LogP contribution in [0.15, 0.2) is 81.1 Å². The van der Waals surface area contributed by atoms with Gasteiger partial charge in [0.15, 0.2) is 37.0 Å². The standard InChI is InChI=1S/C39H42N12O16/c1-18(52)58-17-27-32(60-20(3)54)33(61-21(4)55)28(47-51-43)38(63-27)66-30-25(46-50-42)15-24(45-49-41)29(59-19(2)53)34(30)67-39-35(65-37(57)23-13-9-6-10-14-23)31(26(62-39)16-44-48-40)64-36(56)22-11-7-5-8-12-22/h5-14,24-35,38-39H,15-17H2,1-4H3/t24-,25?,26-,27?,28?,29?,30-,31-,32-,33-,34-,35?,38-,39+/m1/s1. The van der Waals surface area contributed by atoms with Crippen LogP contribution in [0.25, 0.3) is 41.8 Å². The summed E-state index contributed by atoms with van der Waals surface area (Å²) in [6, 6.07) is 10.5. The Balaban J connectivity index is 1.67. The molecular weight excluding hydrogens is 892 g/mol. The van der Waals surface area contributed by atoms with Crippen molar-refractivity contribution in [3.63, 3.8) is 0 Å². The van der Waals surface area contributed by atoms with Gasteiger partial charge in [0.2, 0.25) is 0 Å². The third kappa shape index (κ3) is 13.2. The van der Waals surface area contributed by atoms with E-state index in [0.717, 1.165) is 27.7 Å². The molecule has 2 heterocycles. The summed E-state index contributed by atoms with van der Waals surface area (Å²) in [6.45, 7) is 2.88. The number of esters is 6. The van der Waals surface area contributed by atoms with Crippen LogP contribution in [0.1, 0.15) is 54.8 Å². The second kappa shape index (κ2) is 24.0. The van der Waals surface area contributed by atoms with Crippen molar-refractivity contribution in [2.75, 3.05) is 13.2 Å². The zero-order valence-corrected chi connectivity index (χ0v) is 35.9. The van der Waals surface area contributed by atoms with E-state index >= 15 is 0 Å². The summed E-state index contributed by atoms with van der Waals surface area (Å²) in [5, 5.41) is 14.9. The van der Waals surface area contributed by atoms with E-state index in [0.29, 0.717) is 0 Å². The minimum Gasteiger partial charge on any atom is -0.463 e. The summed E-state index contributed by atoms with van der Waals surface area (Å²) in [5.74, 6) is -5.56. The van der Waals surface area contributed by atoms with Crippen LogP contribution in [0.4, 0.5) is 0 Å². The van der Waals surface area contributed by atoms with Gasteiger partial charge in [0.1, 0.15) is 37.1 Å². The molecule has 2 aromatic carbocycles. The summed E-state index contributed by atoms with van der Waals surface area (Å²) in [6.07, 6.45) is -19.2. The number of hydrogen-bond acceptors (Lipinski definition) is 20. The van der Waals surface area contributed by atoms with E-state index in [9.17, 15) is 50.9 Å². The summed E-state index contributed by atoms with van der Waals surface area (Å²) < 4.78 is 58.9. The van der Waals surface area contributed by atoms with Crippen LogP contribution in [0.2, 0.25) is 0 Å². The smallest absolute Gasteiger partial charge is 0.338 e. The zero-order chi connectivity index (χ0) is 48.6. The molecule has 5 rings (SSSR count). The zero-order valence-electron chi connectivity index (χ0n) is 35.9. The van der Waals surface area contributed by atoms with E-state index in [1.165, 1.54) is 24.3 Å². The van der Waals surface area contributed by atoms with E-state index in [1.54, 1.807) is 36.4 Å². The molecule has 0 bridgehead atoms. The van der Waals surface area contributed by atoms with Gasteiger partial charge in [-0.3, -0.25) is 19.2 Å². The minimum atomic E-state index is -1.93. The van der Waals surface area contributed by atoms with E-state index in [1.807, 2.05) is 0 Å². The first kappa shape index (κ1) is 50.3. The first-order valence-electron chi connectivity index (χ1n) is 20.1. The molecule has 1 saturated carbocycles. The molecule has 3 fully saturated rings.